The van der Waals surface area contributed by atoms with Crippen LogP contribution < -0.4 is 5.32 Å². The third-order valence-electron chi connectivity index (χ3n) is 3.56. The Morgan fingerprint density at radius 3 is 2.90 bits per heavy atom. The summed E-state index contributed by atoms with van der Waals surface area (Å²) in [5, 5.41) is 6.64. The van der Waals surface area contributed by atoms with Crippen LogP contribution in [-0.4, -0.2) is 44.0 Å². The first-order chi connectivity index (χ1) is 9.52. The first-order valence-corrected chi connectivity index (χ1v) is 7.72. The van der Waals surface area contributed by atoms with Crippen LogP contribution in [0.25, 0.3) is 0 Å². The summed E-state index contributed by atoms with van der Waals surface area (Å²) in [4.78, 5) is 29.8. The maximum Gasteiger partial charge on any atom is 0.325 e. The van der Waals surface area contributed by atoms with Crippen molar-refractivity contribution in [1.29, 1.82) is 0 Å². The van der Waals surface area contributed by atoms with Gasteiger partial charge in [-0.25, -0.2) is 4.79 Å². The standard InChI is InChI=1S/C12H16N4O3S/c1-7(2)9-13-8(19-15-9)5-16-10(17)12(14-11(16)18)3-4-20-6-12/h7H,3-6H2,1-2H3,(H,14,18)/t12-/m0/s1. The molecule has 20 heavy (non-hydrogen) atoms. The van der Waals surface area contributed by atoms with Crippen molar-refractivity contribution in [3.63, 3.8) is 0 Å². The summed E-state index contributed by atoms with van der Waals surface area (Å²) in [7, 11) is 0. The minimum absolute atomic E-state index is 0.0385. The molecule has 8 heteroatoms. The van der Waals surface area contributed by atoms with Crippen LogP contribution in [0.5, 0.6) is 0 Å². The van der Waals surface area contributed by atoms with Gasteiger partial charge < -0.3 is 9.84 Å². The fourth-order valence-electron chi connectivity index (χ4n) is 2.35. The maximum absolute atomic E-state index is 12.4. The molecule has 2 saturated heterocycles. The lowest BCUT2D eigenvalue weighted by Crippen LogP contribution is -2.46. The molecule has 1 aromatic rings. The number of hydrogen-bond donors (Lipinski definition) is 1. The number of aromatic nitrogens is 2. The topological polar surface area (TPSA) is 88.3 Å². The lowest BCUT2D eigenvalue weighted by molar-refractivity contribution is -0.131. The molecule has 3 rings (SSSR count). The number of imide groups is 1. The Morgan fingerprint density at radius 2 is 2.30 bits per heavy atom. The molecule has 0 aliphatic carbocycles. The van der Waals surface area contributed by atoms with E-state index in [9.17, 15) is 9.59 Å². The molecule has 2 aliphatic heterocycles. The van der Waals surface area contributed by atoms with Crippen LogP contribution in [0, 0.1) is 0 Å². The van der Waals surface area contributed by atoms with Crippen LogP contribution in [-0.2, 0) is 11.3 Å². The third-order valence-corrected chi connectivity index (χ3v) is 4.75. The molecule has 2 fully saturated rings. The van der Waals surface area contributed by atoms with Crippen molar-refractivity contribution in [3.8, 4) is 0 Å². The quantitative estimate of drug-likeness (QED) is 0.841. The molecule has 0 radical (unpaired) electrons. The second kappa shape index (κ2) is 4.76. The molecule has 108 valence electrons. The predicted octanol–water partition coefficient (Wildman–Crippen LogP) is 1.12. The van der Waals surface area contributed by atoms with Crippen LogP contribution in [0.2, 0.25) is 0 Å². The highest BCUT2D eigenvalue weighted by Crippen LogP contribution is 2.33. The van der Waals surface area contributed by atoms with Crippen LogP contribution >= 0.6 is 11.8 Å². The Hall–Kier alpha value is -1.57. The van der Waals surface area contributed by atoms with Gasteiger partial charge in [0.05, 0.1) is 0 Å². The first kappa shape index (κ1) is 13.4. The maximum atomic E-state index is 12.4. The van der Waals surface area contributed by atoms with Crippen molar-refractivity contribution in [1.82, 2.24) is 20.4 Å². The van der Waals surface area contributed by atoms with Gasteiger partial charge in [-0.1, -0.05) is 19.0 Å². The van der Waals surface area contributed by atoms with Crippen molar-refractivity contribution in [2.24, 2.45) is 0 Å². The molecule has 0 saturated carbocycles. The van der Waals surface area contributed by atoms with Gasteiger partial charge >= 0.3 is 6.03 Å². The van der Waals surface area contributed by atoms with Gasteiger partial charge in [-0.2, -0.15) is 16.7 Å². The fraction of sp³-hybridized carbons (Fsp3) is 0.667. The fourth-order valence-corrected chi connectivity index (χ4v) is 3.68. The molecule has 0 bridgehead atoms. The molecular formula is C12H16N4O3S. The van der Waals surface area contributed by atoms with Crippen LogP contribution in [0.3, 0.4) is 0 Å². The summed E-state index contributed by atoms with van der Waals surface area (Å²) in [6.45, 7) is 3.94. The largest absolute Gasteiger partial charge is 0.337 e. The monoisotopic (exact) mass is 296 g/mol. The van der Waals surface area contributed by atoms with E-state index in [2.05, 4.69) is 15.5 Å². The zero-order chi connectivity index (χ0) is 14.3. The smallest absolute Gasteiger partial charge is 0.325 e. The van der Waals surface area contributed by atoms with E-state index in [0.29, 0.717) is 23.9 Å². The van der Waals surface area contributed by atoms with E-state index in [1.165, 1.54) is 4.90 Å². The highest BCUT2D eigenvalue weighted by molar-refractivity contribution is 7.99. The van der Waals surface area contributed by atoms with E-state index >= 15 is 0 Å². The summed E-state index contributed by atoms with van der Waals surface area (Å²) < 4.78 is 5.10. The predicted molar refractivity (Wildman–Crippen MR) is 72.1 cm³/mol. The van der Waals surface area contributed by atoms with Gasteiger partial charge in [0.25, 0.3) is 5.91 Å². The number of thioether (sulfide) groups is 1. The normalized spacial score (nSPS) is 26.1. The van der Waals surface area contributed by atoms with E-state index in [1.54, 1.807) is 11.8 Å². The molecule has 7 nitrogen and oxygen atoms in total. The van der Waals surface area contributed by atoms with Crippen molar-refractivity contribution in [2.45, 2.75) is 38.3 Å². The zero-order valence-electron chi connectivity index (χ0n) is 11.4. The number of rotatable bonds is 3. The van der Waals surface area contributed by atoms with Gasteiger partial charge in [0, 0.05) is 11.7 Å². The number of carbonyl (C=O) groups is 2. The summed E-state index contributed by atoms with van der Waals surface area (Å²) in [5.74, 6) is 2.36. The lowest BCUT2D eigenvalue weighted by atomic mass is 9.99. The van der Waals surface area contributed by atoms with Crippen molar-refractivity contribution >= 4 is 23.7 Å². The average molecular weight is 296 g/mol. The Labute approximate surface area is 120 Å². The summed E-state index contributed by atoms with van der Waals surface area (Å²) in [6, 6.07) is -0.373. The van der Waals surface area contributed by atoms with E-state index in [4.69, 9.17) is 4.52 Å². The van der Waals surface area contributed by atoms with Gasteiger partial charge in [0.15, 0.2) is 5.82 Å². The van der Waals surface area contributed by atoms with E-state index in [1.807, 2.05) is 13.8 Å². The molecule has 0 aromatic carbocycles. The molecular weight excluding hydrogens is 280 g/mol. The molecule has 1 spiro atoms. The molecule has 1 atom stereocenters. The van der Waals surface area contributed by atoms with Crippen LogP contribution in [0.1, 0.15) is 37.9 Å². The third kappa shape index (κ3) is 2.07. The van der Waals surface area contributed by atoms with Crippen molar-refractivity contribution in [2.75, 3.05) is 11.5 Å². The minimum atomic E-state index is -0.720. The molecule has 3 heterocycles. The zero-order valence-corrected chi connectivity index (χ0v) is 12.2. The van der Waals surface area contributed by atoms with Gasteiger partial charge in [0.2, 0.25) is 5.89 Å². The van der Waals surface area contributed by atoms with Gasteiger partial charge in [-0.05, 0) is 12.2 Å². The Kier molecular flexibility index (Phi) is 3.19. The highest BCUT2D eigenvalue weighted by atomic mass is 32.2. The number of nitrogens with one attached hydrogen (secondary N) is 1. The minimum Gasteiger partial charge on any atom is -0.337 e. The summed E-state index contributed by atoms with van der Waals surface area (Å²) in [5.41, 5.74) is -0.720. The van der Waals surface area contributed by atoms with E-state index in [0.717, 1.165) is 5.75 Å². The van der Waals surface area contributed by atoms with Crippen molar-refractivity contribution in [3.05, 3.63) is 11.7 Å². The Balaban J connectivity index is 1.76. The SMILES string of the molecule is CC(C)c1noc(CN2C(=O)N[C@]3(CCSC3)C2=O)n1. The molecule has 2 aliphatic rings. The van der Waals surface area contributed by atoms with E-state index < -0.39 is 5.54 Å². The van der Waals surface area contributed by atoms with Gasteiger partial charge in [-0.3, -0.25) is 9.69 Å². The highest BCUT2D eigenvalue weighted by Gasteiger charge is 2.53. The number of nitrogens with zero attached hydrogens (tertiary/aromatic N) is 3. The summed E-state index contributed by atoms with van der Waals surface area (Å²) in [6.07, 6.45) is 0.680. The molecule has 0 unspecified atom stereocenters. The molecule has 1 N–H and O–H groups in total. The molecule has 1 aromatic heterocycles. The lowest BCUT2D eigenvalue weighted by Gasteiger charge is -2.18. The number of hydrogen-bond acceptors (Lipinski definition) is 6. The van der Waals surface area contributed by atoms with Gasteiger partial charge in [-0.15, -0.1) is 0 Å². The Bertz CT molecular complexity index is 551. The average Bonchev–Trinajstić information content (AvgIpc) is 3.08. The van der Waals surface area contributed by atoms with Crippen LogP contribution in [0.4, 0.5) is 4.79 Å². The van der Waals surface area contributed by atoms with E-state index in [-0.39, 0.29) is 24.4 Å². The Morgan fingerprint density at radius 1 is 1.50 bits per heavy atom. The van der Waals surface area contributed by atoms with Gasteiger partial charge in [0.1, 0.15) is 12.1 Å². The molecule has 3 amide bonds. The second-order valence-electron chi connectivity index (χ2n) is 5.41. The number of amides is 3. The van der Waals surface area contributed by atoms with Crippen LogP contribution in [0.15, 0.2) is 4.52 Å². The first-order valence-electron chi connectivity index (χ1n) is 6.56. The number of urea groups is 1. The van der Waals surface area contributed by atoms with Crippen molar-refractivity contribution < 1.29 is 14.1 Å². The number of carbonyl (C=O) groups excluding carboxylic acids is 2. The second-order valence-corrected chi connectivity index (χ2v) is 6.51. The summed E-state index contributed by atoms with van der Waals surface area (Å²) >= 11 is 1.68.